The third kappa shape index (κ3) is 3.00. The lowest BCUT2D eigenvalue weighted by molar-refractivity contribution is 0.472. The predicted molar refractivity (Wildman–Crippen MR) is 79.8 cm³/mol. The van der Waals surface area contributed by atoms with Crippen LogP contribution in [0, 0.1) is 6.92 Å². The standard InChI is InChI=1S/C15H15N5O/c1-10-18-15(20-19-10)13-4-2-3-5-14(13)17-8-11-6-7-12(21)9-16-11/h2-7,9,17,21H,8H2,1H3,(H,18,19,20). The first kappa shape index (κ1) is 13.1. The molecule has 3 rings (SSSR count). The molecular formula is C15H15N5O. The number of nitrogens with zero attached hydrogens (tertiary/aromatic N) is 3. The van der Waals surface area contributed by atoms with Gasteiger partial charge < -0.3 is 10.4 Å². The lowest BCUT2D eigenvalue weighted by Gasteiger charge is -2.09. The number of aromatic amines is 1. The number of rotatable bonds is 4. The highest BCUT2D eigenvalue weighted by Gasteiger charge is 2.09. The number of pyridine rings is 1. The zero-order valence-electron chi connectivity index (χ0n) is 11.5. The van der Waals surface area contributed by atoms with Crippen LogP contribution in [0.3, 0.4) is 0 Å². The van der Waals surface area contributed by atoms with Crippen LogP contribution in [0.4, 0.5) is 5.69 Å². The molecule has 0 amide bonds. The van der Waals surface area contributed by atoms with Crippen molar-refractivity contribution in [3.05, 3.63) is 54.1 Å². The molecule has 0 aliphatic heterocycles. The van der Waals surface area contributed by atoms with E-state index in [9.17, 15) is 5.11 Å². The second kappa shape index (κ2) is 5.62. The minimum Gasteiger partial charge on any atom is -0.506 e. The zero-order chi connectivity index (χ0) is 14.7. The molecular weight excluding hydrogens is 266 g/mol. The Kier molecular flexibility index (Phi) is 3.51. The van der Waals surface area contributed by atoms with Crippen LogP contribution >= 0.6 is 0 Å². The maximum atomic E-state index is 9.23. The highest BCUT2D eigenvalue weighted by molar-refractivity contribution is 5.73. The van der Waals surface area contributed by atoms with Gasteiger partial charge in [0.1, 0.15) is 11.6 Å². The van der Waals surface area contributed by atoms with E-state index in [1.807, 2.05) is 31.2 Å². The van der Waals surface area contributed by atoms with Gasteiger partial charge in [-0.05, 0) is 31.2 Å². The van der Waals surface area contributed by atoms with Gasteiger partial charge in [-0.1, -0.05) is 12.1 Å². The monoisotopic (exact) mass is 281 g/mol. The van der Waals surface area contributed by atoms with Crippen molar-refractivity contribution in [3.63, 3.8) is 0 Å². The normalized spacial score (nSPS) is 10.5. The molecule has 0 saturated heterocycles. The molecule has 3 N–H and O–H groups in total. The molecule has 0 unspecified atom stereocenters. The van der Waals surface area contributed by atoms with E-state index < -0.39 is 0 Å². The largest absolute Gasteiger partial charge is 0.506 e. The van der Waals surface area contributed by atoms with Gasteiger partial charge in [0.05, 0.1) is 18.4 Å². The van der Waals surface area contributed by atoms with E-state index in [2.05, 4.69) is 25.5 Å². The van der Waals surface area contributed by atoms with E-state index in [1.165, 1.54) is 6.20 Å². The fourth-order valence-corrected chi connectivity index (χ4v) is 2.00. The molecule has 0 spiro atoms. The Morgan fingerprint density at radius 1 is 1.19 bits per heavy atom. The fraction of sp³-hybridized carbons (Fsp3) is 0.133. The maximum Gasteiger partial charge on any atom is 0.183 e. The molecule has 0 aliphatic rings. The van der Waals surface area contributed by atoms with Gasteiger partial charge in [0.2, 0.25) is 0 Å². The topological polar surface area (TPSA) is 86.7 Å². The summed E-state index contributed by atoms with van der Waals surface area (Å²) in [6, 6.07) is 11.2. The number of hydrogen-bond donors (Lipinski definition) is 3. The molecule has 6 nitrogen and oxygen atoms in total. The number of nitrogens with one attached hydrogen (secondary N) is 2. The Labute approximate surface area is 121 Å². The number of aromatic hydroxyl groups is 1. The molecule has 106 valence electrons. The predicted octanol–water partition coefficient (Wildman–Crippen LogP) is 2.49. The van der Waals surface area contributed by atoms with Crippen LogP contribution in [0.2, 0.25) is 0 Å². The lowest BCUT2D eigenvalue weighted by atomic mass is 10.1. The summed E-state index contributed by atoms with van der Waals surface area (Å²) < 4.78 is 0. The molecule has 0 bridgehead atoms. The van der Waals surface area contributed by atoms with Crippen LogP contribution in [0.5, 0.6) is 5.75 Å². The van der Waals surface area contributed by atoms with E-state index in [4.69, 9.17) is 0 Å². The Morgan fingerprint density at radius 3 is 2.76 bits per heavy atom. The molecule has 0 fully saturated rings. The van der Waals surface area contributed by atoms with Crippen LogP contribution in [0.1, 0.15) is 11.5 Å². The maximum absolute atomic E-state index is 9.23. The van der Waals surface area contributed by atoms with E-state index in [0.717, 1.165) is 22.8 Å². The molecule has 21 heavy (non-hydrogen) atoms. The summed E-state index contributed by atoms with van der Waals surface area (Å²) in [5.41, 5.74) is 2.71. The van der Waals surface area contributed by atoms with Crippen molar-refractivity contribution in [1.29, 1.82) is 0 Å². The number of para-hydroxylation sites is 1. The molecule has 2 aromatic heterocycles. The van der Waals surface area contributed by atoms with Crippen LogP contribution in [0.15, 0.2) is 42.6 Å². The van der Waals surface area contributed by atoms with Gasteiger partial charge in [-0.25, -0.2) is 4.98 Å². The first-order valence-electron chi connectivity index (χ1n) is 6.58. The average molecular weight is 281 g/mol. The SMILES string of the molecule is Cc1nc(-c2ccccc2NCc2ccc(O)cn2)n[nH]1. The van der Waals surface area contributed by atoms with Gasteiger partial charge >= 0.3 is 0 Å². The van der Waals surface area contributed by atoms with Crippen LogP contribution in [-0.2, 0) is 6.54 Å². The minimum absolute atomic E-state index is 0.162. The Balaban J connectivity index is 1.81. The minimum atomic E-state index is 0.162. The van der Waals surface area contributed by atoms with E-state index in [1.54, 1.807) is 12.1 Å². The van der Waals surface area contributed by atoms with Gasteiger partial charge in [-0.3, -0.25) is 10.1 Å². The highest BCUT2D eigenvalue weighted by Crippen LogP contribution is 2.25. The fourth-order valence-electron chi connectivity index (χ4n) is 2.00. The smallest absolute Gasteiger partial charge is 0.183 e. The van der Waals surface area contributed by atoms with Gasteiger partial charge in [0.25, 0.3) is 0 Å². The van der Waals surface area contributed by atoms with Gasteiger partial charge in [-0.2, -0.15) is 5.10 Å². The number of aryl methyl sites for hydroxylation is 1. The summed E-state index contributed by atoms with van der Waals surface area (Å²) in [4.78, 5) is 8.50. The first-order chi connectivity index (χ1) is 10.2. The van der Waals surface area contributed by atoms with Crippen molar-refractivity contribution in [2.45, 2.75) is 13.5 Å². The molecule has 0 saturated carbocycles. The van der Waals surface area contributed by atoms with Crippen molar-refractivity contribution >= 4 is 5.69 Å². The molecule has 3 aromatic rings. The summed E-state index contributed by atoms with van der Waals surface area (Å²) >= 11 is 0. The summed E-state index contributed by atoms with van der Waals surface area (Å²) in [6.45, 7) is 2.42. The zero-order valence-corrected chi connectivity index (χ0v) is 11.5. The summed E-state index contributed by atoms with van der Waals surface area (Å²) in [6.07, 6.45) is 1.43. The molecule has 0 aliphatic carbocycles. The average Bonchev–Trinajstić information content (AvgIpc) is 2.93. The first-order valence-corrected chi connectivity index (χ1v) is 6.58. The van der Waals surface area contributed by atoms with Crippen molar-refractivity contribution in [2.24, 2.45) is 0 Å². The Bertz CT molecular complexity index is 736. The molecule has 0 radical (unpaired) electrons. The summed E-state index contributed by atoms with van der Waals surface area (Å²) in [5, 5.41) is 19.6. The number of hydrogen-bond acceptors (Lipinski definition) is 5. The Hall–Kier alpha value is -2.89. The van der Waals surface area contributed by atoms with Crippen molar-refractivity contribution in [3.8, 4) is 17.1 Å². The van der Waals surface area contributed by atoms with Crippen LogP contribution < -0.4 is 5.32 Å². The van der Waals surface area contributed by atoms with Crippen molar-refractivity contribution in [2.75, 3.05) is 5.32 Å². The third-order valence-electron chi connectivity index (χ3n) is 3.03. The van der Waals surface area contributed by atoms with Gasteiger partial charge in [0, 0.05) is 11.3 Å². The second-order valence-corrected chi connectivity index (χ2v) is 4.65. The molecule has 1 aromatic carbocycles. The second-order valence-electron chi connectivity index (χ2n) is 4.65. The molecule has 2 heterocycles. The van der Waals surface area contributed by atoms with Crippen molar-refractivity contribution in [1.82, 2.24) is 20.2 Å². The Morgan fingerprint density at radius 2 is 2.05 bits per heavy atom. The number of aromatic nitrogens is 4. The summed E-state index contributed by atoms with van der Waals surface area (Å²) in [5.74, 6) is 1.60. The van der Waals surface area contributed by atoms with Gasteiger partial charge in [0.15, 0.2) is 5.82 Å². The van der Waals surface area contributed by atoms with Gasteiger partial charge in [-0.15, -0.1) is 0 Å². The number of anilines is 1. The van der Waals surface area contributed by atoms with E-state index in [-0.39, 0.29) is 5.75 Å². The van der Waals surface area contributed by atoms with Crippen LogP contribution in [-0.4, -0.2) is 25.3 Å². The number of benzene rings is 1. The van der Waals surface area contributed by atoms with Crippen molar-refractivity contribution < 1.29 is 5.11 Å². The van der Waals surface area contributed by atoms with E-state index >= 15 is 0 Å². The molecule has 6 heteroatoms. The quantitative estimate of drug-likeness (QED) is 0.684. The van der Waals surface area contributed by atoms with Crippen LogP contribution in [0.25, 0.3) is 11.4 Å². The summed E-state index contributed by atoms with van der Waals surface area (Å²) in [7, 11) is 0. The number of H-pyrrole nitrogens is 1. The lowest BCUT2D eigenvalue weighted by Crippen LogP contribution is -2.02. The highest BCUT2D eigenvalue weighted by atomic mass is 16.3. The third-order valence-corrected chi connectivity index (χ3v) is 3.03. The molecule has 0 atom stereocenters. The van der Waals surface area contributed by atoms with E-state index in [0.29, 0.717) is 12.4 Å².